The molecule has 1 fully saturated rings. The third-order valence-electron chi connectivity index (χ3n) is 4.58. The fraction of sp³-hybridized carbons (Fsp3) is 0.263. The van der Waals surface area contributed by atoms with Crippen molar-refractivity contribution in [2.45, 2.75) is 12.6 Å². The number of nitrogens with one attached hydrogen (secondary N) is 1. The number of ether oxygens (including phenoxy) is 2. The first-order chi connectivity index (χ1) is 12.2. The lowest BCUT2D eigenvalue weighted by Gasteiger charge is -2.33. The first kappa shape index (κ1) is 15.7. The summed E-state index contributed by atoms with van der Waals surface area (Å²) < 4.78 is 10.9. The van der Waals surface area contributed by atoms with Crippen molar-refractivity contribution in [1.82, 2.24) is 5.32 Å². The zero-order valence-electron chi connectivity index (χ0n) is 13.8. The molecule has 0 saturated carbocycles. The highest BCUT2D eigenvalue weighted by Crippen LogP contribution is 2.31. The molecule has 1 N–H and O–H groups in total. The molecule has 1 atom stereocenters. The van der Waals surface area contributed by atoms with Gasteiger partial charge in [0.2, 0.25) is 0 Å². The van der Waals surface area contributed by atoms with Crippen LogP contribution < -0.4 is 15.0 Å². The second kappa shape index (κ2) is 6.22. The number of anilines is 1. The molecule has 2 aliphatic rings. The Morgan fingerprint density at radius 1 is 1.20 bits per heavy atom. The van der Waals surface area contributed by atoms with Crippen molar-refractivity contribution >= 4 is 17.5 Å². The van der Waals surface area contributed by atoms with Crippen molar-refractivity contribution in [2.24, 2.45) is 0 Å². The van der Waals surface area contributed by atoms with Gasteiger partial charge in [-0.3, -0.25) is 9.59 Å². The predicted molar refractivity (Wildman–Crippen MR) is 91.7 cm³/mol. The summed E-state index contributed by atoms with van der Waals surface area (Å²) in [5.41, 5.74) is 3.07. The average Bonchev–Trinajstić information content (AvgIpc) is 3.02. The Balaban J connectivity index is 1.64. The molecule has 6 nitrogen and oxygen atoms in total. The van der Waals surface area contributed by atoms with Gasteiger partial charge in [0.1, 0.15) is 5.75 Å². The molecule has 0 aliphatic carbocycles. The number of benzene rings is 2. The van der Waals surface area contributed by atoms with Gasteiger partial charge in [0.05, 0.1) is 13.7 Å². The molecule has 25 heavy (non-hydrogen) atoms. The van der Waals surface area contributed by atoms with E-state index in [9.17, 15) is 9.59 Å². The maximum Gasteiger partial charge on any atom is 0.260 e. The van der Waals surface area contributed by atoms with Crippen molar-refractivity contribution in [3.8, 4) is 5.75 Å². The van der Waals surface area contributed by atoms with Crippen LogP contribution in [0, 0.1) is 0 Å². The van der Waals surface area contributed by atoms with Crippen LogP contribution in [-0.4, -0.2) is 32.1 Å². The lowest BCUT2D eigenvalue weighted by atomic mass is 10.0. The number of fused-ring (bicyclic) bond motifs is 1. The van der Waals surface area contributed by atoms with Crippen LogP contribution in [-0.2, 0) is 16.1 Å². The standard InChI is InChI=1S/C19H18N2O4/c1-24-15-4-2-3-12(9-15)17-19(23)21(7-8-25-17)14-6-5-13-11-20-18(22)16(13)10-14/h2-6,9-10,17H,7-8,11H2,1H3,(H,20,22). The van der Waals surface area contributed by atoms with Gasteiger partial charge in [-0.2, -0.15) is 0 Å². The van der Waals surface area contributed by atoms with Crippen molar-refractivity contribution in [3.63, 3.8) is 0 Å². The van der Waals surface area contributed by atoms with E-state index in [0.717, 1.165) is 16.8 Å². The SMILES string of the molecule is COc1cccc(C2OCCN(c3ccc4c(c3)C(=O)NC4)C2=O)c1. The number of methoxy groups -OCH3 is 1. The van der Waals surface area contributed by atoms with Crippen molar-refractivity contribution < 1.29 is 19.1 Å². The highest BCUT2D eigenvalue weighted by molar-refractivity contribution is 6.02. The van der Waals surface area contributed by atoms with E-state index in [1.54, 1.807) is 18.1 Å². The Kier molecular flexibility index (Phi) is 3.89. The summed E-state index contributed by atoms with van der Waals surface area (Å²) in [5.74, 6) is 0.444. The number of carbonyl (C=O) groups is 2. The van der Waals surface area contributed by atoms with E-state index in [2.05, 4.69) is 5.32 Å². The summed E-state index contributed by atoms with van der Waals surface area (Å²) in [4.78, 5) is 26.5. The summed E-state index contributed by atoms with van der Waals surface area (Å²) in [6, 6.07) is 12.9. The van der Waals surface area contributed by atoms with Crippen LogP contribution in [0.2, 0.25) is 0 Å². The van der Waals surface area contributed by atoms with E-state index in [1.807, 2.05) is 36.4 Å². The fourth-order valence-corrected chi connectivity index (χ4v) is 3.25. The molecule has 0 aromatic heterocycles. The molecule has 1 saturated heterocycles. The fourth-order valence-electron chi connectivity index (χ4n) is 3.25. The van der Waals surface area contributed by atoms with Gasteiger partial charge in [0, 0.05) is 24.3 Å². The number of morpholine rings is 1. The quantitative estimate of drug-likeness (QED) is 0.930. The smallest absolute Gasteiger partial charge is 0.260 e. The van der Waals surface area contributed by atoms with Crippen LogP contribution in [0.3, 0.4) is 0 Å². The summed E-state index contributed by atoms with van der Waals surface area (Å²) in [7, 11) is 1.59. The van der Waals surface area contributed by atoms with E-state index in [1.165, 1.54) is 0 Å². The molecule has 2 aliphatic heterocycles. The minimum Gasteiger partial charge on any atom is -0.497 e. The maximum atomic E-state index is 13.0. The molecule has 2 aromatic rings. The first-order valence-corrected chi connectivity index (χ1v) is 8.15. The van der Waals surface area contributed by atoms with Gasteiger partial charge in [0.25, 0.3) is 11.8 Å². The van der Waals surface area contributed by atoms with E-state index < -0.39 is 6.10 Å². The second-order valence-electron chi connectivity index (χ2n) is 6.04. The van der Waals surface area contributed by atoms with E-state index >= 15 is 0 Å². The second-order valence-corrected chi connectivity index (χ2v) is 6.04. The summed E-state index contributed by atoms with van der Waals surface area (Å²) in [6.45, 7) is 1.43. The first-order valence-electron chi connectivity index (χ1n) is 8.15. The monoisotopic (exact) mass is 338 g/mol. The number of rotatable bonds is 3. The minimum absolute atomic E-state index is 0.0955. The van der Waals surface area contributed by atoms with Crippen LogP contribution >= 0.6 is 0 Å². The molecule has 0 bridgehead atoms. The Morgan fingerprint density at radius 2 is 2.08 bits per heavy atom. The third kappa shape index (κ3) is 2.74. The number of hydrogen-bond acceptors (Lipinski definition) is 4. The van der Waals surface area contributed by atoms with Gasteiger partial charge in [0.15, 0.2) is 6.10 Å². The van der Waals surface area contributed by atoms with Crippen LogP contribution in [0.4, 0.5) is 5.69 Å². The van der Waals surface area contributed by atoms with Gasteiger partial charge in [-0.15, -0.1) is 0 Å². The molecule has 1 unspecified atom stereocenters. The highest BCUT2D eigenvalue weighted by atomic mass is 16.5. The summed E-state index contributed by atoms with van der Waals surface area (Å²) in [6.07, 6.45) is -0.675. The molecule has 6 heteroatoms. The van der Waals surface area contributed by atoms with Gasteiger partial charge in [-0.25, -0.2) is 0 Å². The van der Waals surface area contributed by atoms with Crippen molar-refractivity contribution in [2.75, 3.05) is 25.2 Å². The minimum atomic E-state index is -0.675. The molecule has 4 rings (SSSR count). The molecule has 128 valence electrons. The molecule has 0 spiro atoms. The number of hydrogen-bond donors (Lipinski definition) is 1. The Bertz CT molecular complexity index is 849. The zero-order chi connectivity index (χ0) is 17.4. The molecule has 0 radical (unpaired) electrons. The van der Waals surface area contributed by atoms with Crippen LogP contribution in [0.25, 0.3) is 0 Å². The van der Waals surface area contributed by atoms with Crippen LogP contribution in [0.5, 0.6) is 5.75 Å². The Morgan fingerprint density at radius 3 is 2.92 bits per heavy atom. The molecular formula is C19H18N2O4. The summed E-state index contributed by atoms with van der Waals surface area (Å²) in [5, 5.41) is 2.79. The van der Waals surface area contributed by atoms with Gasteiger partial charge in [-0.05, 0) is 35.4 Å². The maximum absolute atomic E-state index is 13.0. The van der Waals surface area contributed by atoms with Gasteiger partial charge in [-0.1, -0.05) is 18.2 Å². The van der Waals surface area contributed by atoms with Gasteiger partial charge >= 0.3 is 0 Å². The lowest BCUT2D eigenvalue weighted by Crippen LogP contribution is -2.43. The normalized spacial score (nSPS) is 19.6. The predicted octanol–water partition coefficient (Wildman–Crippen LogP) is 2.04. The van der Waals surface area contributed by atoms with E-state index in [0.29, 0.717) is 31.0 Å². The van der Waals surface area contributed by atoms with Crippen molar-refractivity contribution in [1.29, 1.82) is 0 Å². The van der Waals surface area contributed by atoms with Crippen LogP contribution in [0.15, 0.2) is 42.5 Å². The Labute approximate surface area is 145 Å². The average molecular weight is 338 g/mol. The van der Waals surface area contributed by atoms with Crippen LogP contribution in [0.1, 0.15) is 27.6 Å². The Hall–Kier alpha value is -2.86. The largest absolute Gasteiger partial charge is 0.497 e. The third-order valence-corrected chi connectivity index (χ3v) is 4.58. The lowest BCUT2D eigenvalue weighted by molar-refractivity contribution is -0.134. The zero-order valence-corrected chi connectivity index (χ0v) is 13.8. The molecular weight excluding hydrogens is 320 g/mol. The van der Waals surface area contributed by atoms with E-state index in [-0.39, 0.29) is 11.8 Å². The number of amides is 2. The molecule has 2 aromatic carbocycles. The number of carbonyl (C=O) groups excluding carboxylic acids is 2. The number of nitrogens with zero attached hydrogens (tertiary/aromatic N) is 1. The van der Waals surface area contributed by atoms with Gasteiger partial charge < -0.3 is 19.7 Å². The summed E-state index contributed by atoms with van der Waals surface area (Å²) >= 11 is 0. The van der Waals surface area contributed by atoms with E-state index in [4.69, 9.17) is 9.47 Å². The van der Waals surface area contributed by atoms with Crippen molar-refractivity contribution in [3.05, 3.63) is 59.2 Å². The molecule has 2 amide bonds. The molecule has 2 heterocycles. The highest BCUT2D eigenvalue weighted by Gasteiger charge is 2.33. The topological polar surface area (TPSA) is 67.9 Å².